The lowest BCUT2D eigenvalue weighted by atomic mass is 10.1. The van der Waals surface area contributed by atoms with Gasteiger partial charge in [-0.1, -0.05) is 0 Å². The topological polar surface area (TPSA) is 26.3 Å². The van der Waals surface area contributed by atoms with Crippen molar-refractivity contribution in [3.63, 3.8) is 0 Å². The van der Waals surface area contributed by atoms with Crippen LogP contribution >= 0.6 is 15.9 Å². The van der Waals surface area contributed by atoms with Gasteiger partial charge in [-0.05, 0) is 53.2 Å². The zero-order valence-electron chi connectivity index (χ0n) is 9.91. The largest absolute Gasteiger partial charge is 0.453 e. The third-order valence-corrected chi connectivity index (χ3v) is 3.07. The second kappa shape index (κ2) is 5.48. The lowest BCUT2D eigenvalue weighted by Crippen LogP contribution is -1.94. The summed E-state index contributed by atoms with van der Waals surface area (Å²) in [5.41, 5.74) is 0.499. The molecule has 0 aliphatic rings. The first-order valence-electron chi connectivity index (χ1n) is 5.41. The first-order chi connectivity index (χ1) is 8.97. The van der Waals surface area contributed by atoms with Crippen molar-refractivity contribution in [1.82, 2.24) is 0 Å². The standard InChI is InChI=1S/C14H9BrF2O2/c1-8(18)9-2-5-13(11(15)6-9)19-14-7-10(16)3-4-12(14)17/h2-7H,1H3. The smallest absolute Gasteiger partial charge is 0.166 e. The molecule has 0 bridgehead atoms. The van der Waals surface area contributed by atoms with E-state index in [2.05, 4.69) is 15.9 Å². The number of carbonyl (C=O) groups excluding carboxylic acids is 1. The van der Waals surface area contributed by atoms with Gasteiger partial charge in [0.05, 0.1) is 4.47 Å². The number of hydrogen-bond acceptors (Lipinski definition) is 2. The van der Waals surface area contributed by atoms with E-state index >= 15 is 0 Å². The maximum absolute atomic E-state index is 13.4. The van der Waals surface area contributed by atoms with Crippen molar-refractivity contribution in [1.29, 1.82) is 0 Å². The lowest BCUT2D eigenvalue weighted by molar-refractivity contribution is 0.101. The molecule has 0 atom stereocenters. The summed E-state index contributed by atoms with van der Waals surface area (Å²) >= 11 is 3.22. The average molecular weight is 327 g/mol. The molecule has 0 N–H and O–H groups in total. The van der Waals surface area contributed by atoms with Gasteiger partial charge in [-0.2, -0.15) is 0 Å². The minimum atomic E-state index is -0.663. The normalized spacial score (nSPS) is 10.3. The van der Waals surface area contributed by atoms with Gasteiger partial charge >= 0.3 is 0 Å². The van der Waals surface area contributed by atoms with Crippen LogP contribution in [-0.2, 0) is 0 Å². The Balaban J connectivity index is 2.33. The van der Waals surface area contributed by atoms with Crippen LogP contribution in [0.15, 0.2) is 40.9 Å². The van der Waals surface area contributed by atoms with Crippen LogP contribution in [-0.4, -0.2) is 5.78 Å². The van der Waals surface area contributed by atoms with Gasteiger partial charge in [0.1, 0.15) is 11.6 Å². The van der Waals surface area contributed by atoms with E-state index in [-0.39, 0.29) is 11.5 Å². The van der Waals surface area contributed by atoms with Crippen LogP contribution in [0.1, 0.15) is 17.3 Å². The molecule has 0 saturated carbocycles. The summed E-state index contributed by atoms with van der Waals surface area (Å²) < 4.78 is 32.2. The summed E-state index contributed by atoms with van der Waals surface area (Å²) in [6.45, 7) is 1.44. The van der Waals surface area contributed by atoms with E-state index in [0.29, 0.717) is 15.8 Å². The van der Waals surface area contributed by atoms with Crippen LogP contribution in [0, 0.1) is 11.6 Å². The molecule has 0 heterocycles. The van der Waals surface area contributed by atoms with E-state index in [1.54, 1.807) is 12.1 Å². The van der Waals surface area contributed by atoms with Crippen molar-refractivity contribution < 1.29 is 18.3 Å². The molecule has 0 unspecified atom stereocenters. The van der Waals surface area contributed by atoms with E-state index < -0.39 is 11.6 Å². The Kier molecular flexibility index (Phi) is 3.95. The fourth-order valence-corrected chi connectivity index (χ4v) is 1.94. The number of rotatable bonds is 3. The molecule has 0 saturated heterocycles. The summed E-state index contributed by atoms with van der Waals surface area (Å²) in [6.07, 6.45) is 0. The van der Waals surface area contributed by atoms with Gasteiger partial charge < -0.3 is 4.74 Å². The van der Waals surface area contributed by atoms with Crippen molar-refractivity contribution >= 4 is 21.7 Å². The molecule has 0 spiro atoms. The molecule has 2 aromatic rings. The third kappa shape index (κ3) is 3.17. The first kappa shape index (κ1) is 13.7. The van der Waals surface area contributed by atoms with E-state index in [4.69, 9.17) is 4.74 Å². The second-order valence-electron chi connectivity index (χ2n) is 3.88. The Morgan fingerprint density at radius 2 is 1.84 bits per heavy atom. The highest BCUT2D eigenvalue weighted by Crippen LogP contribution is 2.32. The van der Waals surface area contributed by atoms with Gasteiger partial charge in [0.25, 0.3) is 0 Å². The van der Waals surface area contributed by atoms with Crippen LogP contribution in [0.3, 0.4) is 0 Å². The Hall–Kier alpha value is -1.75. The molecule has 19 heavy (non-hydrogen) atoms. The molecule has 0 aromatic heterocycles. The zero-order chi connectivity index (χ0) is 14.0. The van der Waals surface area contributed by atoms with E-state index in [1.165, 1.54) is 13.0 Å². The number of Topliss-reactive ketones (excluding diaryl/α,β-unsaturated/α-hetero) is 1. The highest BCUT2D eigenvalue weighted by atomic mass is 79.9. The van der Waals surface area contributed by atoms with Gasteiger partial charge in [0.15, 0.2) is 17.3 Å². The highest BCUT2D eigenvalue weighted by molar-refractivity contribution is 9.10. The van der Waals surface area contributed by atoms with Crippen molar-refractivity contribution in [2.45, 2.75) is 6.92 Å². The van der Waals surface area contributed by atoms with Crippen LogP contribution in [0.2, 0.25) is 0 Å². The molecule has 98 valence electrons. The molecule has 2 nitrogen and oxygen atoms in total. The van der Waals surface area contributed by atoms with Crippen LogP contribution < -0.4 is 4.74 Å². The van der Waals surface area contributed by atoms with Crippen molar-refractivity contribution in [3.8, 4) is 11.5 Å². The minimum Gasteiger partial charge on any atom is -0.453 e. The minimum absolute atomic E-state index is 0.0933. The number of hydrogen-bond donors (Lipinski definition) is 0. The average Bonchev–Trinajstić information content (AvgIpc) is 2.36. The fraction of sp³-hybridized carbons (Fsp3) is 0.0714. The highest BCUT2D eigenvalue weighted by Gasteiger charge is 2.10. The number of carbonyl (C=O) groups is 1. The maximum Gasteiger partial charge on any atom is 0.166 e. The number of benzene rings is 2. The second-order valence-corrected chi connectivity index (χ2v) is 4.73. The van der Waals surface area contributed by atoms with Crippen molar-refractivity contribution in [2.24, 2.45) is 0 Å². The van der Waals surface area contributed by atoms with Gasteiger partial charge in [-0.3, -0.25) is 4.79 Å². The molecule has 2 rings (SSSR count). The summed E-state index contributed by atoms with van der Waals surface area (Å²) in [6, 6.07) is 7.60. The van der Waals surface area contributed by atoms with Gasteiger partial charge in [-0.15, -0.1) is 0 Å². The van der Waals surface area contributed by atoms with Crippen LogP contribution in [0.4, 0.5) is 8.78 Å². The van der Waals surface area contributed by atoms with E-state index in [0.717, 1.165) is 18.2 Å². The molecule has 0 aliphatic carbocycles. The van der Waals surface area contributed by atoms with E-state index in [9.17, 15) is 13.6 Å². The van der Waals surface area contributed by atoms with Gasteiger partial charge in [-0.25, -0.2) is 8.78 Å². The zero-order valence-corrected chi connectivity index (χ0v) is 11.5. The molecule has 2 aromatic carbocycles. The van der Waals surface area contributed by atoms with Crippen LogP contribution in [0.5, 0.6) is 11.5 Å². The summed E-state index contributed by atoms with van der Waals surface area (Å²) in [4.78, 5) is 11.2. The molecule has 0 radical (unpaired) electrons. The summed E-state index contributed by atoms with van der Waals surface area (Å²) in [7, 11) is 0. The van der Waals surface area contributed by atoms with Gasteiger partial charge in [0, 0.05) is 11.6 Å². The van der Waals surface area contributed by atoms with Gasteiger partial charge in [0.2, 0.25) is 0 Å². The number of ether oxygens (including phenoxy) is 1. The summed E-state index contributed by atoms with van der Waals surface area (Å²) in [5.74, 6) is -1.26. The Labute approximate surface area is 117 Å². The van der Waals surface area contributed by atoms with Crippen molar-refractivity contribution in [3.05, 3.63) is 58.1 Å². The van der Waals surface area contributed by atoms with Crippen molar-refractivity contribution in [2.75, 3.05) is 0 Å². The Bertz CT molecular complexity index is 641. The monoisotopic (exact) mass is 326 g/mol. The molecule has 0 amide bonds. The SMILES string of the molecule is CC(=O)c1ccc(Oc2cc(F)ccc2F)c(Br)c1. The molecule has 0 aliphatic heterocycles. The molecular weight excluding hydrogens is 318 g/mol. The number of ketones is 1. The Morgan fingerprint density at radius 1 is 1.11 bits per heavy atom. The number of halogens is 3. The lowest BCUT2D eigenvalue weighted by Gasteiger charge is -2.09. The maximum atomic E-state index is 13.4. The van der Waals surface area contributed by atoms with Crippen LogP contribution in [0.25, 0.3) is 0 Å². The molecular formula is C14H9BrF2O2. The third-order valence-electron chi connectivity index (χ3n) is 2.45. The first-order valence-corrected chi connectivity index (χ1v) is 6.20. The van der Waals surface area contributed by atoms with E-state index in [1.807, 2.05) is 0 Å². The molecule has 0 fully saturated rings. The predicted octanol–water partition coefficient (Wildman–Crippen LogP) is 4.72. The summed E-state index contributed by atoms with van der Waals surface area (Å²) in [5, 5.41) is 0. The predicted molar refractivity (Wildman–Crippen MR) is 70.6 cm³/mol. The Morgan fingerprint density at radius 3 is 2.47 bits per heavy atom. The quantitative estimate of drug-likeness (QED) is 0.763. The molecule has 5 heteroatoms. The fourth-order valence-electron chi connectivity index (χ4n) is 1.48.